The Morgan fingerprint density at radius 2 is 2.00 bits per heavy atom. The van der Waals surface area contributed by atoms with E-state index in [4.69, 9.17) is 22.1 Å². The lowest BCUT2D eigenvalue weighted by molar-refractivity contribution is 0.859. The molecule has 0 fully saturated rings. The lowest BCUT2D eigenvalue weighted by atomic mass is 9.95. The molecule has 0 saturated heterocycles. The lowest BCUT2D eigenvalue weighted by Crippen LogP contribution is -1.96. The van der Waals surface area contributed by atoms with E-state index in [-0.39, 0.29) is 12.3 Å². The Hall–Kier alpha value is -1.51. The van der Waals surface area contributed by atoms with Crippen LogP contribution in [0.4, 0.5) is 0 Å². The summed E-state index contributed by atoms with van der Waals surface area (Å²) >= 11 is 5.96. The van der Waals surface area contributed by atoms with Crippen LogP contribution in [-0.4, -0.2) is 0 Å². The molecule has 0 aliphatic carbocycles. The van der Waals surface area contributed by atoms with Crippen molar-refractivity contribution in [3.63, 3.8) is 0 Å². The Kier molecular flexibility index (Phi) is 3.72. The lowest BCUT2D eigenvalue weighted by Gasteiger charge is -2.10. The van der Waals surface area contributed by atoms with Crippen LogP contribution < -0.4 is 0 Å². The van der Waals surface area contributed by atoms with Crippen molar-refractivity contribution >= 4 is 11.6 Å². The molecule has 0 bridgehead atoms. The van der Waals surface area contributed by atoms with Crippen molar-refractivity contribution in [2.24, 2.45) is 0 Å². The minimum absolute atomic E-state index is 0.259. The first-order valence-corrected chi connectivity index (χ1v) is 5.07. The Balaban J connectivity index is 3.33. The molecule has 0 N–H and O–H groups in total. The molecule has 0 aliphatic heterocycles. The number of halogens is 1. The van der Waals surface area contributed by atoms with Gasteiger partial charge in [0, 0.05) is 5.02 Å². The van der Waals surface area contributed by atoms with E-state index in [0.717, 1.165) is 11.1 Å². The summed E-state index contributed by atoms with van der Waals surface area (Å²) in [5.74, 6) is 0.259. The van der Waals surface area contributed by atoms with Gasteiger partial charge in [0.05, 0.1) is 24.1 Å². The van der Waals surface area contributed by atoms with Gasteiger partial charge < -0.3 is 0 Å². The maximum absolute atomic E-state index is 8.94. The van der Waals surface area contributed by atoms with Gasteiger partial charge in [-0.25, -0.2) is 0 Å². The molecule has 2 nitrogen and oxygen atoms in total. The molecule has 0 aromatic heterocycles. The normalized spacial score (nSPS) is 9.73. The SMILES string of the molecule is CC(C)c1cc(CC#N)c(Cl)cc1C#N. The van der Waals surface area contributed by atoms with Crippen LogP contribution >= 0.6 is 11.6 Å². The molecule has 0 heterocycles. The second kappa shape index (κ2) is 4.82. The third-order valence-corrected chi connectivity index (χ3v) is 2.58. The van der Waals surface area contributed by atoms with Crippen molar-refractivity contribution in [3.05, 3.63) is 33.8 Å². The molecule has 0 spiro atoms. The van der Waals surface area contributed by atoms with Gasteiger partial charge in [-0.2, -0.15) is 10.5 Å². The predicted molar refractivity (Wildman–Crippen MR) is 59.6 cm³/mol. The zero-order chi connectivity index (χ0) is 11.4. The van der Waals surface area contributed by atoms with Crippen molar-refractivity contribution < 1.29 is 0 Å². The smallest absolute Gasteiger partial charge is 0.0995 e. The average molecular weight is 219 g/mol. The third-order valence-electron chi connectivity index (χ3n) is 2.23. The average Bonchev–Trinajstić information content (AvgIpc) is 2.20. The molecular weight excluding hydrogens is 208 g/mol. The summed E-state index contributed by atoms with van der Waals surface area (Å²) in [5.41, 5.74) is 2.34. The molecule has 1 aromatic carbocycles. The summed E-state index contributed by atoms with van der Waals surface area (Å²) in [4.78, 5) is 0. The molecular formula is C12H11ClN2. The second-order valence-corrected chi connectivity index (χ2v) is 4.04. The zero-order valence-electron chi connectivity index (χ0n) is 8.71. The van der Waals surface area contributed by atoms with Gasteiger partial charge in [0.2, 0.25) is 0 Å². The van der Waals surface area contributed by atoms with Crippen LogP contribution in [0.15, 0.2) is 12.1 Å². The highest BCUT2D eigenvalue weighted by atomic mass is 35.5. The monoisotopic (exact) mass is 218 g/mol. The predicted octanol–water partition coefficient (Wildman–Crippen LogP) is 3.40. The van der Waals surface area contributed by atoms with E-state index in [2.05, 4.69) is 12.1 Å². The molecule has 1 rings (SSSR count). The molecule has 15 heavy (non-hydrogen) atoms. The fourth-order valence-corrected chi connectivity index (χ4v) is 1.66. The number of rotatable bonds is 2. The van der Waals surface area contributed by atoms with Gasteiger partial charge in [-0.05, 0) is 23.1 Å². The molecule has 0 aliphatic rings. The van der Waals surface area contributed by atoms with E-state index < -0.39 is 0 Å². The number of nitrogens with zero attached hydrogens (tertiary/aromatic N) is 2. The van der Waals surface area contributed by atoms with Crippen LogP contribution in [-0.2, 0) is 6.42 Å². The number of hydrogen-bond donors (Lipinski definition) is 0. The van der Waals surface area contributed by atoms with Crippen molar-refractivity contribution in [3.8, 4) is 12.1 Å². The van der Waals surface area contributed by atoms with Crippen LogP contribution in [0.1, 0.15) is 36.5 Å². The fraction of sp³-hybridized carbons (Fsp3) is 0.333. The quantitative estimate of drug-likeness (QED) is 0.764. The van der Waals surface area contributed by atoms with Crippen LogP contribution in [0.25, 0.3) is 0 Å². The summed E-state index contributed by atoms with van der Waals surface area (Å²) in [6, 6.07) is 7.68. The first-order valence-electron chi connectivity index (χ1n) is 4.69. The highest BCUT2D eigenvalue weighted by Gasteiger charge is 2.10. The second-order valence-electron chi connectivity index (χ2n) is 3.63. The van der Waals surface area contributed by atoms with Gasteiger partial charge in [-0.3, -0.25) is 0 Å². The van der Waals surface area contributed by atoms with Gasteiger partial charge in [0.25, 0.3) is 0 Å². The topological polar surface area (TPSA) is 47.6 Å². The molecule has 76 valence electrons. The Morgan fingerprint density at radius 3 is 2.47 bits per heavy atom. The van der Waals surface area contributed by atoms with E-state index in [0.29, 0.717) is 10.6 Å². The Morgan fingerprint density at radius 1 is 1.33 bits per heavy atom. The first-order chi connectivity index (χ1) is 7.10. The minimum atomic E-state index is 0.259. The van der Waals surface area contributed by atoms with E-state index >= 15 is 0 Å². The minimum Gasteiger partial charge on any atom is -0.198 e. The largest absolute Gasteiger partial charge is 0.198 e. The van der Waals surface area contributed by atoms with E-state index in [1.807, 2.05) is 19.9 Å². The summed E-state index contributed by atoms with van der Waals surface area (Å²) < 4.78 is 0. The van der Waals surface area contributed by atoms with Gasteiger partial charge in [0.15, 0.2) is 0 Å². The summed E-state index contributed by atoms with van der Waals surface area (Å²) in [6.07, 6.45) is 0.282. The summed E-state index contributed by atoms with van der Waals surface area (Å²) in [7, 11) is 0. The summed E-state index contributed by atoms with van der Waals surface area (Å²) in [6.45, 7) is 4.03. The van der Waals surface area contributed by atoms with Crippen molar-refractivity contribution in [1.82, 2.24) is 0 Å². The van der Waals surface area contributed by atoms with Gasteiger partial charge in [-0.1, -0.05) is 31.5 Å². The van der Waals surface area contributed by atoms with Gasteiger partial charge in [0.1, 0.15) is 0 Å². The van der Waals surface area contributed by atoms with E-state index in [9.17, 15) is 0 Å². The van der Waals surface area contributed by atoms with Gasteiger partial charge in [-0.15, -0.1) is 0 Å². The Bertz CT molecular complexity index is 450. The molecule has 1 aromatic rings. The van der Waals surface area contributed by atoms with Crippen LogP contribution in [0.5, 0.6) is 0 Å². The maximum atomic E-state index is 8.94. The summed E-state index contributed by atoms with van der Waals surface area (Å²) in [5, 5.41) is 18.1. The van der Waals surface area contributed by atoms with Crippen molar-refractivity contribution in [2.45, 2.75) is 26.2 Å². The van der Waals surface area contributed by atoms with E-state index in [1.54, 1.807) is 6.07 Å². The highest BCUT2D eigenvalue weighted by molar-refractivity contribution is 6.31. The molecule has 0 amide bonds. The molecule has 0 atom stereocenters. The molecule has 0 unspecified atom stereocenters. The fourth-order valence-electron chi connectivity index (χ4n) is 1.43. The Labute approximate surface area is 94.7 Å². The first kappa shape index (κ1) is 11.6. The number of nitriles is 2. The van der Waals surface area contributed by atoms with Crippen LogP contribution in [0.2, 0.25) is 5.02 Å². The van der Waals surface area contributed by atoms with Gasteiger partial charge >= 0.3 is 0 Å². The van der Waals surface area contributed by atoms with Crippen LogP contribution in [0.3, 0.4) is 0 Å². The molecule has 0 saturated carbocycles. The number of hydrogen-bond acceptors (Lipinski definition) is 2. The van der Waals surface area contributed by atoms with Crippen molar-refractivity contribution in [1.29, 1.82) is 10.5 Å². The highest BCUT2D eigenvalue weighted by Crippen LogP contribution is 2.26. The third kappa shape index (κ3) is 2.49. The number of benzene rings is 1. The molecule has 0 radical (unpaired) electrons. The van der Waals surface area contributed by atoms with E-state index in [1.165, 1.54) is 0 Å². The zero-order valence-corrected chi connectivity index (χ0v) is 9.47. The standard InChI is InChI=1S/C12H11ClN2/c1-8(2)11-5-9(3-4-14)12(13)6-10(11)7-15/h5-6,8H,3H2,1-2H3. The van der Waals surface area contributed by atoms with Crippen molar-refractivity contribution in [2.75, 3.05) is 0 Å². The maximum Gasteiger partial charge on any atom is 0.0995 e. The molecule has 3 heteroatoms. The van der Waals surface area contributed by atoms with Crippen LogP contribution in [0, 0.1) is 22.7 Å².